The fourth-order valence-electron chi connectivity index (χ4n) is 2.70. The van der Waals surface area contributed by atoms with Crippen LogP contribution >= 0.6 is 27.5 Å². The third-order valence-electron chi connectivity index (χ3n) is 4.17. The minimum absolute atomic E-state index is 0.0770. The molecule has 0 atom stereocenters. The number of hydrogen-bond donors (Lipinski definition) is 2. The Kier molecular flexibility index (Phi) is 5.66. The monoisotopic (exact) mass is 467 g/mol. The molecule has 0 aliphatic heterocycles. The van der Waals surface area contributed by atoms with Gasteiger partial charge in [-0.05, 0) is 54.4 Å². The molecule has 0 unspecified atom stereocenters. The van der Waals surface area contributed by atoms with Crippen LogP contribution in [0.4, 0.5) is 10.2 Å². The van der Waals surface area contributed by atoms with E-state index in [4.69, 9.17) is 11.6 Å². The normalized spacial score (nSPS) is 10.9. The lowest BCUT2D eigenvalue weighted by Crippen LogP contribution is -2.22. The highest BCUT2D eigenvalue weighted by Crippen LogP contribution is 2.28. The van der Waals surface area contributed by atoms with Gasteiger partial charge in [-0.1, -0.05) is 18.5 Å². The average Bonchev–Trinajstić information content (AvgIpc) is 2.92. The first-order chi connectivity index (χ1) is 13.2. The number of rotatable bonds is 4. The van der Waals surface area contributed by atoms with Gasteiger partial charge in [0, 0.05) is 16.8 Å². The average molecular weight is 469 g/mol. The minimum Gasteiger partial charge on any atom is -0.305 e. The number of aryl methyl sites for hydroxylation is 2. The number of benzene rings is 1. The molecule has 0 fully saturated rings. The van der Waals surface area contributed by atoms with Crippen LogP contribution in [0.5, 0.6) is 0 Å². The highest BCUT2D eigenvalue weighted by atomic mass is 79.9. The maximum Gasteiger partial charge on any atom is 0.256 e. The molecule has 0 bridgehead atoms. The van der Waals surface area contributed by atoms with Crippen molar-refractivity contribution in [1.82, 2.24) is 19.7 Å². The zero-order valence-corrected chi connectivity index (χ0v) is 17.6. The van der Waals surface area contributed by atoms with Crippen LogP contribution in [0.1, 0.15) is 34.2 Å². The van der Waals surface area contributed by atoms with Crippen molar-refractivity contribution < 1.29 is 9.18 Å². The van der Waals surface area contributed by atoms with Crippen LogP contribution in [0.3, 0.4) is 0 Å². The van der Waals surface area contributed by atoms with Gasteiger partial charge in [0.15, 0.2) is 5.82 Å². The van der Waals surface area contributed by atoms with Gasteiger partial charge >= 0.3 is 0 Å². The van der Waals surface area contributed by atoms with Gasteiger partial charge in [-0.25, -0.2) is 9.37 Å². The molecule has 1 aromatic carbocycles. The van der Waals surface area contributed by atoms with Crippen molar-refractivity contribution in [2.45, 2.75) is 27.2 Å². The predicted molar refractivity (Wildman–Crippen MR) is 108 cm³/mol. The van der Waals surface area contributed by atoms with Crippen molar-refractivity contribution in [3.8, 4) is 5.95 Å². The summed E-state index contributed by atoms with van der Waals surface area (Å²) in [5, 5.41) is 6.92. The largest absolute Gasteiger partial charge is 0.305 e. The number of nitrogens with one attached hydrogen (secondary N) is 2. The molecule has 0 spiro atoms. The van der Waals surface area contributed by atoms with Gasteiger partial charge in [0.25, 0.3) is 11.5 Å². The fourth-order valence-corrected chi connectivity index (χ4v) is 3.16. The summed E-state index contributed by atoms with van der Waals surface area (Å²) in [4.78, 5) is 31.9. The number of carbonyl (C=O) groups is 1. The molecule has 0 aliphatic rings. The van der Waals surface area contributed by atoms with Gasteiger partial charge < -0.3 is 5.32 Å². The molecule has 0 aliphatic carbocycles. The third-order valence-corrected chi connectivity index (χ3v) is 5.42. The summed E-state index contributed by atoms with van der Waals surface area (Å²) in [5.74, 6) is -0.854. The van der Waals surface area contributed by atoms with Crippen molar-refractivity contribution in [3.63, 3.8) is 0 Å². The highest BCUT2D eigenvalue weighted by molar-refractivity contribution is 9.10. The lowest BCUT2D eigenvalue weighted by Gasteiger charge is -2.11. The van der Waals surface area contributed by atoms with E-state index in [1.165, 1.54) is 16.8 Å². The van der Waals surface area contributed by atoms with Crippen molar-refractivity contribution in [1.29, 1.82) is 0 Å². The summed E-state index contributed by atoms with van der Waals surface area (Å²) in [6.45, 7) is 5.33. The van der Waals surface area contributed by atoms with Gasteiger partial charge in [-0.2, -0.15) is 9.78 Å². The van der Waals surface area contributed by atoms with Gasteiger partial charge in [0.1, 0.15) is 5.82 Å². The van der Waals surface area contributed by atoms with E-state index >= 15 is 0 Å². The zero-order valence-electron chi connectivity index (χ0n) is 15.2. The lowest BCUT2D eigenvalue weighted by atomic mass is 10.2. The van der Waals surface area contributed by atoms with Crippen molar-refractivity contribution >= 4 is 39.3 Å². The summed E-state index contributed by atoms with van der Waals surface area (Å²) in [7, 11) is 0. The molecule has 28 heavy (non-hydrogen) atoms. The minimum atomic E-state index is -0.699. The van der Waals surface area contributed by atoms with Gasteiger partial charge in [-0.15, -0.1) is 0 Å². The maximum absolute atomic E-state index is 13.7. The number of nitrogens with zero attached hydrogens (tertiary/aromatic N) is 3. The summed E-state index contributed by atoms with van der Waals surface area (Å²) in [5.41, 5.74) is 1.53. The topological polar surface area (TPSA) is 92.7 Å². The number of amides is 1. The Morgan fingerprint density at radius 1 is 1.36 bits per heavy atom. The first kappa shape index (κ1) is 20.2. The molecule has 10 heteroatoms. The van der Waals surface area contributed by atoms with Crippen LogP contribution in [0.25, 0.3) is 5.95 Å². The molecule has 3 aromatic rings. The van der Waals surface area contributed by atoms with Gasteiger partial charge in [0.2, 0.25) is 5.95 Å². The molecule has 0 saturated heterocycles. The van der Waals surface area contributed by atoms with E-state index in [1.54, 1.807) is 13.8 Å². The predicted octanol–water partition coefficient (Wildman–Crippen LogP) is 3.94. The van der Waals surface area contributed by atoms with Crippen LogP contribution in [0, 0.1) is 19.7 Å². The first-order valence-electron chi connectivity index (χ1n) is 8.34. The molecule has 2 heterocycles. The second-order valence-corrected chi connectivity index (χ2v) is 7.25. The summed E-state index contributed by atoms with van der Waals surface area (Å²) in [6.07, 6.45) is 0.544. The molecule has 146 valence electrons. The Hall–Kier alpha value is -2.52. The maximum atomic E-state index is 13.7. The summed E-state index contributed by atoms with van der Waals surface area (Å²) < 4.78 is 15.5. The van der Waals surface area contributed by atoms with Crippen molar-refractivity contribution in [3.05, 3.63) is 66.4 Å². The summed E-state index contributed by atoms with van der Waals surface area (Å²) in [6, 6.07) is 3.75. The Morgan fingerprint density at radius 3 is 2.68 bits per heavy atom. The number of anilines is 1. The molecule has 1 amide bonds. The number of carbonyl (C=O) groups excluding carboxylic acids is 1. The Bertz CT molecular complexity index is 1140. The zero-order chi connectivity index (χ0) is 20.6. The molecule has 2 aromatic heterocycles. The van der Waals surface area contributed by atoms with Crippen molar-refractivity contribution in [2.75, 3.05) is 5.32 Å². The van der Waals surface area contributed by atoms with Crippen LogP contribution < -0.4 is 10.9 Å². The van der Waals surface area contributed by atoms with E-state index in [1.807, 2.05) is 6.92 Å². The van der Waals surface area contributed by atoms with Crippen LogP contribution in [-0.2, 0) is 6.42 Å². The molecule has 7 nitrogen and oxygen atoms in total. The Balaban J connectivity index is 2.05. The number of H-pyrrole nitrogens is 1. The number of halogens is 3. The Morgan fingerprint density at radius 2 is 2.07 bits per heavy atom. The number of aromatic amines is 1. The quantitative estimate of drug-likeness (QED) is 0.606. The van der Waals surface area contributed by atoms with E-state index in [9.17, 15) is 14.0 Å². The Labute approximate surface area is 173 Å². The SMILES string of the molecule is CCc1c(C)nc(-n2nc(C)c(Br)c2NC(=O)c2ccc(Cl)c(F)c2)[nH]c1=O. The van der Waals surface area contributed by atoms with E-state index in [0.717, 1.165) is 6.07 Å². The van der Waals surface area contributed by atoms with Crippen molar-refractivity contribution in [2.24, 2.45) is 0 Å². The molecule has 3 rings (SSSR count). The van der Waals surface area contributed by atoms with Crippen LogP contribution in [0.15, 0.2) is 27.5 Å². The molecular weight excluding hydrogens is 453 g/mol. The standard InChI is InChI=1S/C18H16BrClFN5O2/c1-4-11-8(2)22-18(24-17(11)28)26-15(14(19)9(3)25-26)23-16(27)10-5-6-12(20)13(21)7-10/h5-7H,4H2,1-3H3,(H,23,27)(H,22,24,28). The highest BCUT2D eigenvalue weighted by Gasteiger charge is 2.20. The van der Waals surface area contributed by atoms with Gasteiger partial charge in [-0.3, -0.25) is 14.6 Å². The number of aromatic nitrogens is 4. The second-order valence-electron chi connectivity index (χ2n) is 6.05. The smallest absolute Gasteiger partial charge is 0.256 e. The molecule has 2 N–H and O–H groups in total. The van der Waals surface area contributed by atoms with Crippen LogP contribution in [0.2, 0.25) is 5.02 Å². The third kappa shape index (κ3) is 3.72. The van der Waals surface area contributed by atoms with E-state index < -0.39 is 11.7 Å². The molecule has 0 saturated carbocycles. The van der Waals surface area contributed by atoms with E-state index in [0.29, 0.717) is 27.8 Å². The van der Waals surface area contributed by atoms with Gasteiger partial charge in [0.05, 0.1) is 15.2 Å². The second kappa shape index (κ2) is 7.84. The number of hydrogen-bond acceptors (Lipinski definition) is 4. The molecular formula is C18H16BrClFN5O2. The molecule has 0 radical (unpaired) electrons. The van der Waals surface area contributed by atoms with E-state index in [-0.39, 0.29) is 27.9 Å². The summed E-state index contributed by atoms with van der Waals surface area (Å²) >= 11 is 9.04. The fraction of sp³-hybridized carbons (Fsp3) is 0.222. The van der Waals surface area contributed by atoms with Crippen LogP contribution in [-0.4, -0.2) is 25.7 Å². The van der Waals surface area contributed by atoms with E-state index in [2.05, 4.69) is 36.3 Å². The lowest BCUT2D eigenvalue weighted by molar-refractivity contribution is 0.102. The first-order valence-corrected chi connectivity index (χ1v) is 9.51.